The van der Waals surface area contributed by atoms with Crippen molar-refractivity contribution in [2.24, 2.45) is 0 Å². The van der Waals surface area contributed by atoms with Crippen LogP contribution in [-0.2, 0) is 0 Å². The predicted octanol–water partition coefficient (Wildman–Crippen LogP) is 13.3. The first-order chi connectivity index (χ1) is 23.8. The Balaban J connectivity index is 1.27. The Hall–Kier alpha value is -6.38. The van der Waals surface area contributed by atoms with Gasteiger partial charge in [-0.05, 0) is 97.4 Å². The summed E-state index contributed by atoms with van der Waals surface area (Å²) in [6.45, 7) is 0. The van der Waals surface area contributed by atoms with Gasteiger partial charge in [0.05, 0.1) is 5.69 Å². The summed E-state index contributed by atoms with van der Waals surface area (Å²) in [7, 11) is 0. The molecular weight excluding hydrogens is 583 g/mol. The van der Waals surface area contributed by atoms with Crippen LogP contribution in [-0.4, -0.2) is 0 Å². The molecule has 1 aromatic heterocycles. The molecule has 9 aromatic carbocycles. The van der Waals surface area contributed by atoms with Crippen molar-refractivity contribution in [1.82, 2.24) is 0 Å². The quantitative estimate of drug-likeness (QED) is 0.184. The standard InChI is InChI=1S/C46H29NO/c1-2-11-30(12-3-1)32-14-10-15-35(25-32)47(44-26-33-13-4-5-16-37(33)38-17-6-7-18-39(38)44)36-24-23-31-21-22-34-27-46-43(29-42(34)41(31)28-36)40-19-8-9-20-45(40)48-46/h1-29H. The zero-order valence-electron chi connectivity index (χ0n) is 26.1. The van der Waals surface area contributed by atoms with Gasteiger partial charge in [0, 0.05) is 27.5 Å². The molecule has 0 aliphatic rings. The van der Waals surface area contributed by atoms with Gasteiger partial charge in [-0.2, -0.15) is 0 Å². The van der Waals surface area contributed by atoms with Crippen molar-refractivity contribution in [3.8, 4) is 11.1 Å². The second-order valence-corrected chi connectivity index (χ2v) is 12.6. The van der Waals surface area contributed by atoms with Gasteiger partial charge < -0.3 is 9.32 Å². The average molecular weight is 612 g/mol. The highest BCUT2D eigenvalue weighted by Gasteiger charge is 2.19. The molecule has 224 valence electrons. The number of benzene rings is 9. The number of rotatable bonds is 4. The van der Waals surface area contributed by atoms with Crippen molar-refractivity contribution in [3.05, 3.63) is 176 Å². The molecule has 0 spiro atoms. The van der Waals surface area contributed by atoms with Gasteiger partial charge in [-0.25, -0.2) is 0 Å². The minimum absolute atomic E-state index is 0.917. The van der Waals surface area contributed by atoms with E-state index < -0.39 is 0 Å². The van der Waals surface area contributed by atoms with E-state index >= 15 is 0 Å². The highest BCUT2D eigenvalue weighted by molar-refractivity contribution is 6.18. The third-order valence-electron chi connectivity index (χ3n) is 9.78. The Kier molecular flexibility index (Phi) is 5.91. The highest BCUT2D eigenvalue weighted by atomic mass is 16.3. The summed E-state index contributed by atoms with van der Waals surface area (Å²) in [6.07, 6.45) is 0. The summed E-state index contributed by atoms with van der Waals surface area (Å²) in [6, 6.07) is 63.5. The zero-order valence-corrected chi connectivity index (χ0v) is 26.1. The summed E-state index contributed by atoms with van der Waals surface area (Å²) in [5.74, 6) is 0. The first-order valence-electron chi connectivity index (χ1n) is 16.4. The monoisotopic (exact) mass is 611 g/mol. The molecule has 48 heavy (non-hydrogen) atoms. The maximum atomic E-state index is 6.27. The molecule has 10 rings (SSSR count). The smallest absolute Gasteiger partial charge is 0.136 e. The maximum absolute atomic E-state index is 6.27. The van der Waals surface area contributed by atoms with Gasteiger partial charge in [0.1, 0.15) is 11.2 Å². The van der Waals surface area contributed by atoms with Crippen molar-refractivity contribution < 1.29 is 4.42 Å². The Morgan fingerprint density at radius 3 is 1.85 bits per heavy atom. The van der Waals surface area contributed by atoms with Gasteiger partial charge >= 0.3 is 0 Å². The molecule has 0 N–H and O–H groups in total. The van der Waals surface area contributed by atoms with Crippen LogP contribution >= 0.6 is 0 Å². The predicted molar refractivity (Wildman–Crippen MR) is 204 cm³/mol. The molecule has 1 heterocycles. The van der Waals surface area contributed by atoms with Crippen LogP contribution in [0.4, 0.5) is 17.1 Å². The summed E-state index contributed by atoms with van der Waals surface area (Å²) in [5.41, 5.74) is 7.59. The lowest BCUT2D eigenvalue weighted by Gasteiger charge is -2.28. The summed E-state index contributed by atoms with van der Waals surface area (Å²) in [5, 5.41) is 12.0. The van der Waals surface area contributed by atoms with E-state index in [2.05, 4.69) is 169 Å². The summed E-state index contributed by atoms with van der Waals surface area (Å²) < 4.78 is 6.27. The molecule has 0 saturated carbocycles. The molecule has 2 heteroatoms. The fourth-order valence-electron chi connectivity index (χ4n) is 7.50. The lowest BCUT2D eigenvalue weighted by atomic mass is 9.97. The van der Waals surface area contributed by atoms with Gasteiger partial charge in [-0.1, -0.05) is 127 Å². The molecule has 0 fully saturated rings. The van der Waals surface area contributed by atoms with Crippen LogP contribution < -0.4 is 4.90 Å². The van der Waals surface area contributed by atoms with E-state index in [1.54, 1.807) is 0 Å². The number of para-hydroxylation sites is 1. The van der Waals surface area contributed by atoms with Crippen LogP contribution in [0, 0.1) is 0 Å². The highest BCUT2D eigenvalue weighted by Crippen LogP contribution is 2.44. The number of anilines is 3. The van der Waals surface area contributed by atoms with Gasteiger partial charge in [-0.3, -0.25) is 0 Å². The fraction of sp³-hybridized carbons (Fsp3) is 0. The average Bonchev–Trinajstić information content (AvgIpc) is 3.52. The molecule has 0 aliphatic heterocycles. The second kappa shape index (κ2) is 10.6. The molecule has 10 aromatic rings. The van der Waals surface area contributed by atoms with Gasteiger partial charge in [0.15, 0.2) is 0 Å². The van der Waals surface area contributed by atoms with Crippen LogP contribution in [0.5, 0.6) is 0 Å². The third-order valence-corrected chi connectivity index (χ3v) is 9.78. The first-order valence-corrected chi connectivity index (χ1v) is 16.4. The van der Waals surface area contributed by atoms with Crippen molar-refractivity contribution in [2.75, 3.05) is 4.90 Å². The van der Waals surface area contributed by atoms with Crippen molar-refractivity contribution in [2.45, 2.75) is 0 Å². The minimum atomic E-state index is 0.917. The van der Waals surface area contributed by atoms with Crippen LogP contribution in [0.3, 0.4) is 0 Å². The van der Waals surface area contributed by atoms with Crippen LogP contribution in [0.1, 0.15) is 0 Å². The van der Waals surface area contributed by atoms with E-state index in [0.29, 0.717) is 0 Å². The largest absolute Gasteiger partial charge is 0.456 e. The topological polar surface area (TPSA) is 16.4 Å². The Labute approximate surface area is 277 Å². The third kappa shape index (κ3) is 4.20. The number of fused-ring (bicyclic) bond motifs is 9. The fourth-order valence-corrected chi connectivity index (χ4v) is 7.50. The number of nitrogens with zero attached hydrogens (tertiary/aromatic N) is 1. The zero-order chi connectivity index (χ0) is 31.6. The Bertz CT molecular complexity index is 2850. The number of furan rings is 1. The maximum Gasteiger partial charge on any atom is 0.136 e. The SMILES string of the molecule is c1ccc(-c2cccc(N(c3ccc4ccc5cc6oc7ccccc7c6cc5c4c3)c3cc4ccccc4c4ccccc34)c2)cc1. The Morgan fingerprint density at radius 1 is 0.312 bits per heavy atom. The van der Waals surface area contributed by atoms with E-state index in [1.165, 1.54) is 54.2 Å². The van der Waals surface area contributed by atoms with E-state index in [-0.39, 0.29) is 0 Å². The summed E-state index contributed by atoms with van der Waals surface area (Å²) >= 11 is 0. The van der Waals surface area contributed by atoms with Crippen LogP contribution in [0.25, 0.3) is 76.2 Å². The Morgan fingerprint density at radius 2 is 0.958 bits per heavy atom. The van der Waals surface area contributed by atoms with E-state index in [9.17, 15) is 0 Å². The van der Waals surface area contributed by atoms with E-state index in [4.69, 9.17) is 4.42 Å². The molecular formula is C46H29NO. The normalized spacial score (nSPS) is 11.8. The molecule has 0 unspecified atom stereocenters. The molecule has 0 radical (unpaired) electrons. The van der Waals surface area contributed by atoms with Gasteiger partial charge in [0.2, 0.25) is 0 Å². The van der Waals surface area contributed by atoms with Gasteiger partial charge in [-0.15, -0.1) is 0 Å². The summed E-state index contributed by atoms with van der Waals surface area (Å²) in [4.78, 5) is 2.44. The molecule has 0 atom stereocenters. The number of hydrogen-bond acceptors (Lipinski definition) is 2. The minimum Gasteiger partial charge on any atom is -0.456 e. The lowest BCUT2D eigenvalue weighted by molar-refractivity contribution is 0.669. The molecule has 0 amide bonds. The van der Waals surface area contributed by atoms with Crippen LogP contribution in [0.15, 0.2) is 180 Å². The number of hydrogen-bond donors (Lipinski definition) is 0. The first kappa shape index (κ1) is 26.8. The lowest BCUT2D eigenvalue weighted by Crippen LogP contribution is -2.11. The molecule has 0 saturated heterocycles. The molecule has 2 nitrogen and oxygen atoms in total. The molecule has 0 bridgehead atoms. The molecule has 0 aliphatic carbocycles. The second-order valence-electron chi connectivity index (χ2n) is 12.6. The van der Waals surface area contributed by atoms with Crippen molar-refractivity contribution in [3.63, 3.8) is 0 Å². The van der Waals surface area contributed by atoms with Crippen molar-refractivity contribution in [1.29, 1.82) is 0 Å². The van der Waals surface area contributed by atoms with Gasteiger partial charge in [0.25, 0.3) is 0 Å². The van der Waals surface area contributed by atoms with E-state index in [1.807, 2.05) is 12.1 Å². The van der Waals surface area contributed by atoms with Crippen LogP contribution in [0.2, 0.25) is 0 Å². The van der Waals surface area contributed by atoms with E-state index in [0.717, 1.165) is 39.0 Å². The van der Waals surface area contributed by atoms with Crippen molar-refractivity contribution >= 4 is 82.1 Å².